The zero-order chi connectivity index (χ0) is 19.1. The molecule has 2 heterocycles. The number of hydrogen-bond acceptors (Lipinski definition) is 5. The maximum Gasteiger partial charge on any atom is 0.161 e. The summed E-state index contributed by atoms with van der Waals surface area (Å²) in [6, 6.07) is 15.5. The molecule has 5 rings (SSSR count). The van der Waals surface area contributed by atoms with E-state index in [0.717, 1.165) is 18.4 Å². The number of aliphatic hydroxyl groups is 1. The lowest BCUT2D eigenvalue weighted by Gasteiger charge is -2.34. The van der Waals surface area contributed by atoms with Gasteiger partial charge in [-0.15, -0.1) is 0 Å². The highest BCUT2D eigenvalue weighted by atomic mass is 35.5. The van der Waals surface area contributed by atoms with Crippen LogP contribution in [0.15, 0.2) is 66.3 Å². The summed E-state index contributed by atoms with van der Waals surface area (Å²) in [5, 5.41) is 21.1. The zero-order valence-electron chi connectivity index (χ0n) is 15.1. The molecule has 3 atom stereocenters. The standard InChI is InChI=1S/C21H19ClN4O2/c22-16-8-6-15(7-9-16)21(27,11-26-13-23-12-24-26)20-18-10-5-14-3-1-2-4-17(14)19(18)28-25-20/h1-4,6-9,12-13,18-19,27H,5,10-11H2. The summed E-state index contributed by atoms with van der Waals surface area (Å²) in [6.07, 6.45) is 4.67. The zero-order valence-corrected chi connectivity index (χ0v) is 15.8. The van der Waals surface area contributed by atoms with Gasteiger partial charge in [0.1, 0.15) is 18.4 Å². The van der Waals surface area contributed by atoms with Gasteiger partial charge in [0.2, 0.25) is 0 Å². The maximum atomic E-state index is 11.9. The summed E-state index contributed by atoms with van der Waals surface area (Å²) in [7, 11) is 0. The average Bonchev–Trinajstić information content (AvgIpc) is 3.38. The van der Waals surface area contributed by atoms with Gasteiger partial charge in [0, 0.05) is 10.9 Å². The molecule has 0 radical (unpaired) electrons. The summed E-state index contributed by atoms with van der Waals surface area (Å²) in [4.78, 5) is 9.86. The van der Waals surface area contributed by atoms with Gasteiger partial charge in [0.25, 0.3) is 0 Å². The van der Waals surface area contributed by atoms with E-state index in [9.17, 15) is 5.11 Å². The summed E-state index contributed by atoms with van der Waals surface area (Å²) in [6.45, 7) is 0.196. The molecule has 142 valence electrons. The number of rotatable bonds is 4. The van der Waals surface area contributed by atoms with Crippen LogP contribution in [0.5, 0.6) is 0 Å². The molecular formula is C21H19ClN4O2. The Morgan fingerprint density at radius 2 is 2.00 bits per heavy atom. The molecule has 0 saturated carbocycles. The van der Waals surface area contributed by atoms with Crippen molar-refractivity contribution < 1.29 is 9.94 Å². The fraction of sp³-hybridized carbons (Fsp3) is 0.286. The highest BCUT2D eigenvalue weighted by Gasteiger charge is 2.49. The number of nitrogens with zero attached hydrogens (tertiary/aromatic N) is 4. The minimum atomic E-state index is -1.37. The first-order valence-corrected chi connectivity index (χ1v) is 9.66. The molecule has 2 aliphatic rings. The third-order valence-electron chi connectivity index (χ3n) is 5.67. The second-order valence-electron chi connectivity index (χ2n) is 7.31. The highest BCUT2D eigenvalue weighted by molar-refractivity contribution is 6.30. The van der Waals surface area contributed by atoms with Gasteiger partial charge in [-0.2, -0.15) is 5.10 Å². The van der Waals surface area contributed by atoms with E-state index in [2.05, 4.69) is 27.4 Å². The minimum absolute atomic E-state index is 0.000834. The van der Waals surface area contributed by atoms with Crippen LogP contribution in [-0.4, -0.2) is 25.6 Å². The Morgan fingerprint density at radius 3 is 2.79 bits per heavy atom. The molecule has 6 nitrogen and oxygen atoms in total. The van der Waals surface area contributed by atoms with E-state index in [-0.39, 0.29) is 18.6 Å². The predicted molar refractivity (Wildman–Crippen MR) is 105 cm³/mol. The van der Waals surface area contributed by atoms with Crippen LogP contribution < -0.4 is 0 Å². The van der Waals surface area contributed by atoms with Crippen LogP contribution in [0.4, 0.5) is 0 Å². The number of aromatic nitrogens is 3. The summed E-state index contributed by atoms with van der Waals surface area (Å²) < 4.78 is 1.61. The lowest BCUT2D eigenvalue weighted by atomic mass is 9.73. The Bertz CT molecular complexity index is 1020. The largest absolute Gasteiger partial charge is 0.387 e. The van der Waals surface area contributed by atoms with Crippen LogP contribution in [-0.2, 0) is 23.4 Å². The Hall–Kier alpha value is -2.70. The van der Waals surface area contributed by atoms with E-state index in [1.165, 1.54) is 11.9 Å². The number of fused-ring (bicyclic) bond motifs is 3. The maximum absolute atomic E-state index is 11.9. The van der Waals surface area contributed by atoms with Gasteiger partial charge >= 0.3 is 0 Å². The van der Waals surface area contributed by atoms with Crippen molar-refractivity contribution in [2.24, 2.45) is 11.1 Å². The molecule has 28 heavy (non-hydrogen) atoms. The molecule has 0 fully saturated rings. The van der Waals surface area contributed by atoms with Gasteiger partial charge in [-0.05, 0) is 41.7 Å². The van der Waals surface area contributed by atoms with E-state index in [1.54, 1.807) is 23.1 Å². The molecule has 3 unspecified atom stereocenters. The van der Waals surface area contributed by atoms with E-state index in [4.69, 9.17) is 16.4 Å². The van der Waals surface area contributed by atoms with Crippen LogP contribution in [0, 0.1) is 5.92 Å². The Balaban J connectivity index is 1.56. The lowest BCUT2D eigenvalue weighted by molar-refractivity contribution is 0.0537. The summed E-state index contributed by atoms with van der Waals surface area (Å²) in [5.74, 6) is -0.000834. The van der Waals surface area contributed by atoms with Crippen molar-refractivity contribution in [2.45, 2.75) is 31.1 Å². The van der Waals surface area contributed by atoms with Gasteiger partial charge in [-0.3, -0.25) is 0 Å². The molecule has 7 heteroatoms. The minimum Gasteiger partial charge on any atom is -0.387 e. The first kappa shape index (κ1) is 17.4. The molecule has 1 aromatic heterocycles. The topological polar surface area (TPSA) is 72.5 Å². The SMILES string of the molecule is OC(Cn1cncn1)(C1=NOC2c3ccccc3CCC12)c1ccc(Cl)cc1. The monoisotopic (exact) mass is 394 g/mol. The van der Waals surface area contributed by atoms with Crippen molar-refractivity contribution in [3.8, 4) is 0 Å². The summed E-state index contributed by atoms with van der Waals surface area (Å²) in [5.41, 5.74) is 2.39. The molecule has 0 amide bonds. The molecule has 0 bridgehead atoms. The van der Waals surface area contributed by atoms with E-state index >= 15 is 0 Å². The van der Waals surface area contributed by atoms with Crippen molar-refractivity contribution in [1.29, 1.82) is 0 Å². The Kier molecular flexibility index (Phi) is 4.18. The number of hydrogen-bond donors (Lipinski definition) is 1. The fourth-order valence-corrected chi connectivity index (χ4v) is 4.41. The van der Waals surface area contributed by atoms with E-state index in [0.29, 0.717) is 16.3 Å². The van der Waals surface area contributed by atoms with Crippen LogP contribution >= 0.6 is 11.6 Å². The lowest BCUT2D eigenvalue weighted by Crippen LogP contribution is -2.44. The van der Waals surface area contributed by atoms with Gasteiger partial charge in [0.15, 0.2) is 11.7 Å². The quantitative estimate of drug-likeness (QED) is 0.735. The van der Waals surface area contributed by atoms with Gasteiger partial charge in [0.05, 0.1) is 6.54 Å². The number of benzene rings is 2. The highest BCUT2D eigenvalue weighted by Crippen LogP contribution is 2.46. The number of oxime groups is 1. The molecule has 1 aliphatic heterocycles. The third-order valence-corrected chi connectivity index (χ3v) is 5.92. The molecule has 1 aliphatic carbocycles. The van der Waals surface area contributed by atoms with E-state index < -0.39 is 5.60 Å². The average molecular weight is 395 g/mol. The van der Waals surface area contributed by atoms with E-state index in [1.807, 2.05) is 24.3 Å². The van der Waals surface area contributed by atoms with Crippen LogP contribution in [0.3, 0.4) is 0 Å². The molecule has 1 N–H and O–H groups in total. The molecule has 3 aromatic rings. The third kappa shape index (κ3) is 2.80. The second kappa shape index (κ2) is 6.72. The first-order valence-electron chi connectivity index (χ1n) is 9.28. The van der Waals surface area contributed by atoms with Crippen molar-refractivity contribution in [1.82, 2.24) is 14.8 Å². The molecule has 0 spiro atoms. The normalized spacial score (nSPS) is 22.6. The van der Waals surface area contributed by atoms with Gasteiger partial charge < -0.3 is 9.94 Å². The molecule has 2 aromatic carbocycles. The molecular weight excluding hydrogens is 376 g/mol. The Labute approximate surface area is 167 Å². The molecule has 0 saturated heterocycles. The van der Waals surface area contributed by atoms with Crippen molar-refractivity contribution >= 4 is 17.3 Å². The van der Waals surface area contributed by atoms with Crippen LogP contribution in [0.2, 0.25) is 5.02 Å². The fourth-order valence-electron chi connectivity index (χ4n) is 4.29. The van der Waals surface area contributed by atoms with Crippen molar-refractivity contribution in [3.63, 3.8) is 0 Å². The predicted octanol–water partition coefficient (Wildman–Crippen LogP) is 3.51. The van der Waals surface area contributed by atoms with Crippen molar-refractivity contribution in [3.05, 3.63) is 82.9 Å². The number of aryl methyl sites for hydroxylation is 1. The van der Waals surface area contributed by atoms with Crippen molar-refractivity contribution in [2.75, 3.05) is 0 Å². The van der Waals surface area contributed by atoms with Gasteiger partial charge in [-0.25, -0.2) is 9.67 Å². The van der Waals surface area contributed by atoms with Gasteiger partial charge in [-0.1, -0.05) is 53.2 Å². The smallest absolute Gasteiger partial charge is 0.161 e. The van der Waals surface area contributed by atoms with Crippen LogP contribution in [0.25, 0.3) is 0 Å². The summed E-state index contributed by atoms with van der Waals surface area (Å²) >= 11 is 6.07. The number of halogens is 1. The first-order chi connectivity index (χ1) is 13.6. The van der Waals surface area contributed by atoms with Crippen LogP contribution in [0.1, 0.15) is 29.2 Å². The second-order valence-corrected chi connectivity index (χ2v) is 7.74. The Morgan fingerprint density at radius 1 is 1.18 bits per heavy atom.